The van der Waals surface area contributed by atoms with Crippen molar-refractivity contribution in [3.05, 3.63) is 84.3 Å². The first-order valence-corrected chi connectivity index (χ1v) is 15.2. The Balaban J connectivity index is 1.23. The second-order valence-corrected chi connectivity index (χ2v) is 13.1. The fraction of sp³-hybridized carbons (Fsp3) is 0.419. The first kappa shape index (κ1) is 27.1. The van der Waals surface area contributed by atoms with E-state index in [1.54, 1.807) is 0 Å². The van der Waals surface area contributed by atoms with Gasteiger partial charge < -0.3 is 15.8 Å². The van der Waals surface area contributed by atoms with Crippen molar-refractivity contribution in [3.63, 3.8) is 0 Å². The van der Waals surface area contributed by atoms with Crippen LogP contribution in [0.4, 0.5) is 5.69 Å². The summed E-state index contributed by atoms with van der Waals surface area (Å²) in [5.74, 6) is 4.93. The molecule has 1 fully saturated rings. The topological polar surface area (TPSA) is 81.4 Å². The van der Waals surface area contributed by atoms with E-state index in [1.807, 2.05) is 36.4 Å². The molecule has 1 amide bonds. The highest BCUT2D eigenvalue weighted by atomic mass is 32.2. The molecule has 3 N–H and O–H groups in total. The predicted octanol–water partition coefficient (Wildman–Crippen LogP) is 6.26. The van der Waals surface area contributed by atoms with Crippen LogP contribution in [0, 0.1) is 0 Å². The maximum atomic E-state index is 13.9. The molecular weight excluding hydrogens is 480 g/mol. The van der Waals surface area contributed by atoms with Crippen molar-refractivity contribution in [3.8, 4) is 0 Å². The number of nitrogens with one attached hydrogen (secondary N) is 1. The number of hydrogen-bond donors (Lipinski definition) is 2. The van der Waals surface area contributed by atoms with Gasteiger partial charge in [0.1, 0.15) is 5.76 Å². The molecule has 0 spiro atoms. The second kappa shape index (κ2) is 12.0. The number of carbonyl (C=O) groups excluding carboxylic acids is 1. The molecule has 2 atom stereocenters. The summed E-state index contributed by atoms with van der Waals surface area (Å²) in [6.45, 7) is 4.44. The summed E-state index contributed by atoms with van der Waals surface area (Å²) in [4.78, 5) is 12.5. The maximum absolute atomic E-state index is 13.9. The Kier molecular flexibility index (Phi) is 8.80. The van der Waals surface area contributed by atoms with Crippen molar-refractivity contribution in [2.45, 2.75) is 74.2 Å². The quantitative estimate of drug-likeness (QED) is 0.282. The van der Waals surface area contributed by atoms with Crippen LogP contribution < -0.4 is 11.1 Å². The van der Waals surface area contributed by atoms with Crippen LogP contribution in [0.3, 0.4) is 0 Å². The molecule has 0 saturated heterocycles. The van der Waals surface area contributed by atoms with Crippen LogP contribution in [-0.4, -0.2) is 32.6 Å². The molecule has 198 valence electrons. The van der Waals surface area contributed by atoms with Gasteiger partial charge in [0.2, 0.25) is 5.91 Å². The molecular formula is C31H40N2O3S. The molecule has 3 aliphatic rings. The van der Waals surface area contributed by atoms with E-state index in [2.05, 4.69) is 42.1 Å². The molecule has 0 bridgehead atoms. The lowest BCUT2D eigenvalue weighted by atomic mass is 9.86. The zero-order valence-electron chi connectivity index (χ0n) is 21.8. The number of allylic oxidation sites excluding steroid dienone is 6. The Labute approximate surface area is 222 Å². The predicted molar refractivity (Wildman–Crippen MR) is 157 cm³/mol. The fourth-order valence-corrected chi connectivity index (χ4v) is 8.26. The maximum Gasteiger partial charge on any atom is 0.224 e. The summed E-state index contributed by atoms with van der Waals surface area (Å²) in [6, 6.07) is 7.96. The SMILES string of the molecule is C=C(N)C1(S(=C)(=O)C2C=CC(OCCCC(=O)Nc3cccc(C4=CCCC=C4)c3)=CC2)CCCCC1. The molecule has 3 aliphatic carbocycles. The Morgan fingerprint density at radius 2 is 1.97 bits per heavy atom. The largest absolute Gasteiger partial charge is 0.494 e. The van der Waals surface area contributed by atoms with Crippen molar-refractivity contribution < 1.29 is 13.7 Å². The lowest BCUT2D eigenvalue weighted by molar-refractivity contribution is -0.116. The van der Waals surface area contributed by atoms with Gasteiger partial charge in [-0.2, -0.15) is 0 Å². The minimum Gasteiger partial charge on any atom is -0.494 e. The average Bonchev–Trinajstić information content (AvgIpc) is 2.92. The number of carbonyl (C=O) groups is 1. The minimum atomic E-state index is -2.52. The van der Waals surface area contributed by atoms with Gasteiger partial charge in [0.15, 0.2) is 0 Å². The highest BCUT2D eigenvalue weighted by Crippen LogP contribution is 2.42. The monoisotopic (exact) mass is 520 g/mol. The van der Waals surface area contributed by atoms with Crippen LogP contribution in [-0.2, 0) is 19.1 Å². The first-order valence-electron chi connectivity index (χ1n) is 13.4. The van der Waals surface area contributed by atoms with Crippen LogP contribution >= 0.6 is 0 Å². The third kappa shape index (κ3) is 6.30. The molecule has 0 heterocycles. The molecule has 37 heavy (non-hydrogen) atoms. The van der Waals surface area contributed by atoms with Gasteiger partial charge in [-0.3, -0.25) is 9.00 Å². The van der Waals surface area contributed by atoms with Gasteiger partial charge in [-0.25, -0.2) is 0 Å². The Bertz CT molecular complexity index is 1230. The van der Waals surface area contributed by atoms with Crippen LogP contribution in [0.2, 0.25) is 0 Å². The van der Waals surface area contributed by atoms with Crippen molar-refractivity contribution in [1.82, 2.24) is 0 Å². The van der Waals surface area contributed by atoms with Gasteiger partial charge >= 0.3 is 0 Å². The summed E-state index contributed by atoms with van der Waals surface area (Å²) in [5.41, 5.74) is 9.83. The van der Waals surface area contributed by atoms with Crippen LogP contribution in [0.25, 0.3) is 5.57 Å². The Morgan fingerprint density at radius 1 is 1.16 bits per heavy atom. The molecule has 6 heteroatoms. The van der Waals surface area contributed by atoms with E-state index in [1.165, 1.54) is 5.57 Å². The number of nitrogens with two attached hydrogens (primary N) is 1. The number of amides is 1. The van der Waals surface area contributed by atoms with Crippen LogP contribution in [0.5, 0.6) is 0 Å². The van der Waals surface area contributed by atoms with E-state index in [4.69, 9.17) is 10.5 Å². The molecule has 0 aliphatic heterocycles. The number of ether oxygens (including phenoxy) is 1. The van der Waals surface area contributed by atoms with Gasteiger partial charge in [-0.05, 0) is 89.3 Å². The van der Waals surface area contributed by atoms with E-state index < -0.39 is 14.3 Å². The van der Waals surface area contributed by atoms with Crippen molar-refractivity contribution >= 4 is 32.6 Å². The van der Waals surface area contributed by atoms with Crippen molar-refractivity contribution in [1.29, 1.82) is 0 Å². The number of hydrogen-bond acceptors (Lipinski definition) is 4. The van der Waals surface area contributed by atoms with Crippen molar-refractivity contribution in [2.75, 3.05) is 11.9 Å². The molecule has 5 nitrogen and oxygen atoms in total. The summed E-state index contributed by atoms with van der Waals surface area (Å²) in [7, 11) is -2.52. The molecule has 1 aromatic carbocycles. The van der Waals surface area contributed by atoms with E-state index in [0.29, 0.717) is 31.6 Å². The van der Waals surface area contributed by atoms with Crippen LogP contribution in [0.15, 0.2) is 78.8 Å². The molecule has 1 saturated carbocycles. The zero-order chi connectivity index (χ0) is 26.3. The molecule has 0 aromatic heterocycles. The molecule has 0 radical (unpaired) electrons. The van der Waals surface area contributed by atoms with E-state index in [0.717, 1.165) is 62.0 Å². The highest BCUT2D eigenvalue weighted by Gasteiger charge is 2.44. The van der Waals surface area contributed by atoms with Gasteiger partial charge in [0.05, 0.1) is 16.6 Å². The van der Waals surface area contributed by atoms with Gasteiger partial charge in [0.25, 0.3) is 0 Å². The molecule has 1 aromatic rings. The number of benzene rings is 1. The minimum absolute atomic E-state index is 0.0289. The standard InChI is InChI=1S/C31H40N2O3S/c1-24(32)31(20-7-4-8-21-31)37(2,35)29-18-16-28(17-19-29)36-22-10-15-30(34)33-27-14-9-13-26(23-27)25-11-5-3-6-12-25/h5,9,11-14,16-18,23,29H,1-4,6-8,10,15,19-22,32H2,(H,33,34). The lowest BCUT2D eigenvalue weighted by Crippen LogP contribution is -2.49. The van der Waals surface area contributed by atoms with E-state index in [9.17, 15) is 9.00 Å². The van der Waals surface area contributed by atoms with Gasteiger partial charge in [-0.15, -0.1) is 0 Å². The second-order valence-electron chi connectivity index (χ2n) is 10.3. The summed E-state index contributed by atoms with van der Waals surface area (Å²) in [5, 5.41) is 2.81. The number of anilines is 1. The first-order chi connectivity index (χ1) is 17.8. The fourth-order valence-electron chi connectivity index (χ4n) is 5.52. The molecule has 2 unspecified atom stereocenters. The normalized spacial score (nSPS) is 22.3. The highest BCUT2D eigenvalue weighted by molar-refractivity contribution is 8.02. The zero-order valence-corrected chi connectivity index (χ0v) is 22.6. The lowest BCUT2D eigenvalue weighted by Gasteiger charge is -2.43. The van der Waals surface area contributed by atoms with Gasteiger partial charge in [-0.1, -0.05) is 62.3 Å². The third-order valence-electron chi connectivity index (χ3n) is 7.71. The Morgan fingerprint density at radius 3 is 2.65 bits per heavy atom. The van der Waals surface area contributed by atoms with Gasteiger partial charge in [0, 0.05) is 17.8 Å². The summed E-state index contributed by atoms with van der Waals surface area (Å²) in [6.07, 6.45) is 20.8. The van der Waals surface area contributed by atoms with E-state index in [-0.39, 0.29) is 11.2 Å². The summed E-state index contributed by atoms with van der Waals surface area (Å²) < 4.78 is 19.2. The Hall–Kier alpha value is -2.99. The third-order valence-corrected chi connectivity index (χ3v) is 11.0. The smallest absolute Gasteiger partial charge is 0.224 e. The number of rotatable bonds is 10. The van der Waals surface area contributed by atoms with Crippen LogP contribution in [0.1, 0.15) is 69.8 Å². The van der Waals surface area contributed by atoms with Crippen molar-refractivity contribution in [2.24, 2.45) is 5.73 Å². The van der Waals surface area contributed by atoms with E-state index >= 15 is 0 Å². The summed E-state index contributed by atoms with van der Waals surface area (Å²) >= 11 is 0. The molecule has 4 rings (SSSR count). The average molecular weight is 521 g/mol.